The van der Waals surface area contributed by atoms with Crippen LogP contribution in [0.15, 0.2) is 29.3 Å². The van der Waals surface area contributed by atoms with Crippen LogP contribution in [0.4, 0.5) is 0 Å². The van der Waals surface area contributed by atoms with Gasteiger partial charge in [0.15, 0.2) is 5.96 Å². The Hall–Kier alpha value is -2.08. The van der Waals surface area contributed by atoms with E-state index in [0.29, 0.717) is 31.2 Å². The number of carbonyl (C=O) groups excluding carboxylic acids is 1. The Morgan fingerprint density at radius 1 is 1.21 bits per heavy atom. The number of nitrogens with zero attached hydrogens (tertiary/aromatic N) is 1. The molecule has 6 nitrogen and oxygen atoms in total. The van der Waals surface area contributed by atoms with Crippen molar-refractivity contribution in [1.29, 1.82) is 0 Å². The van der Waals surface area contributed by atoms with Crippen molar-refractivity contribution in [3.8, 4) is 0 Å². The maximum Gasteiger partial charge on any atom is 0.248 e. The van der Waals surface area contributed by atoms with Crippen molar-refractivity contribution in [3.05, 3.63) is 35.4 Å². The van der Waals surface area contributed by atoms with Crippen LogP contribution in [-0.2, 0) is 11.3 Å². The minimum Gasteiger partial charge on any atom is -0.380 e. The van der Waals surface area contributed by atoms with Crippen molar-refractivity contribution >= 4 is 11.9 Å². The van der Waals surface area contributed by atoms with Crippen LogP contribution in [0, 0.1) is 5.92 Å². The summed E-state index contributed by atoms with van der Waals surface area (Å²) in [5, 5.41) is 6.45. The largest absolute Gasteiger partial charge is 0.380 e. The van der Waals surface area contributed by atoms with Gasteiger partial charge in [-0.15, -0.1) is 0 Å². The first-order valence-corrected chi connectivity index (χ1v) is 8.51. The Labute approximate surface area is 144 Å². The van der Waals surface area contributed by atoms with Crippen molar-refractivity contribution in [1.82, 2.24) is 10.6 Å². The van der Waals surface area contributed by atoms with Crippen molar-refractivity contribution in [2.75, 3.05) is 26.3 Å². The number of hydrogen-bond donors (Lipinski definition) is 3. The van der Waals surface area contributed by atoms with E-state index in [1.165, 1.54) is 0 Å². The number of benzene rings is 1. The molecule has 134 valence electrons. The lowest BCUT2D eigenvalue weighted by atomic mass is 10.1. The molecule has 0 fully saturated rings. The molecule has 6 heteroatoms. The molecule has 1 rings (SSSR count). The third-order valence-electron chi connectivity index (χ3n) is 3.38. The summed E-state index contributed by atoms with van der Waals surface area (Å²) in [6.45, 7) is 9.89. The number of guanidine groups is 1. The van der Waals surface area contributed by atoms with Gasteiger partial charge in [-0.1, -0.05) is 26.0 Å². The summed E-state index contributed by atoms with van der Waals surface area (Å²) in [5.41, 5.74) is 6.76. The van der Waals surface area contributed by atoms with Gasteiger partial charge in [-0.05, 0) is 37.0 Å². The van der Waals surface area contributed by atoms with E-state index >= 15 is 0 Å². The molecule has 0 spiro atoms. The van der Waals surface area contributed by atoms with Crippen molar-refractivity contribution in [3.63, 3.8) is 0 Å². The lowest BCUT2D eigenvalue weighted by molar-refractivity contribution is 0.100. The Morgan fingerprint density at radius 3 is 2.50 bits per heavy atom. The van der Waals surface area contributed by atoms with E-state index in [9.17, 15) is 4.79 Å². The molecule has 1 aromatic rings. The van der Waals surface area contributed by atoms with Crippen LogP contribution in [-0.4, -0.2) is 38.2 Å². The van der Waals surface area contributed by atoms with Crippen LogP contribution in [0.3, 0.4) is 0 Å². The molecule has 0 saturated carbocycles. The van der Waals surface area contributed by atoms with E-state index in [0.717, 1.165) is 31.1 Å². The smallest absolute Gasteiger partial charge is 0.248 e. The molecular weight excluding hydrogens is 304 g/mol. The number of aliphatic imine (C=N–C) groups is 1. The SMILES string of the molecule is CCNC(=NCc1ccc(C(N)=O)cc1)NCCOCCC(C)C. The van der Waals surface area contributed by atoms with E-state index in [4.69, 9.17) is 10.5 Å². The molecular formula is C18H30N4O2. The maximum atomic E-state index is 11.1. The predicted octanol–water partition coefficient (Wildman–Crippen LogP) is 1.90. The second-order valence-corrected chi connectivity index (χ2v) is 5.98. The molecule has 4 N–H and O–H groups in total. The lowest BCUT2D eigenvalue weighted by Gasteiger charge is -2.12. The first kappa shape index (κ1) is 20.0. The molecule has 0 aliphatic heterocycles. The van der Waals surface area contributed by atoms with E-state index in [1.54, 1.807) is 12.1 Å². The summed E-state index contributed by atoms with van der Waals surface area (Å²) in [4.78, 5) is 15.6. The first-order valence-electron chi connectivity index (χ1n) is 8.51. The molecule has 0 heterocycles. The zero-order valence-electron chi connectivity index (χ0n) is 15.0. The Balaban J connectivity index is 2.40. The second-order valence-electron chi connectivity index (χ2n) is 5.98. The summed E-state index contributed by atoms with van der Waals surface area (Å²) in [7, 11) is 0. The number of primary amides is 1. The first-order chi connectivity index (χ1) is 11.5. The Morgan fingerprint density at radius 2 is 1.92 bits per heavy atom. The van der Waals surface area contributed by atoms with Gasteiger partial charge in [0.05, 0.1) is 13.2 Å². The minimum absolute atomic E-state index is 0.419. The van der Waals surface area contributed by atoms with Gasteiger partial charge in [-0.2, -0.15) is 0 Å². The highest BCUT2D eigenvalue weighted by atomic mass is 16.5. The van der Waals surface area contributed by atoms with E-state index in [-0.39, 0.29) is 0 Å². The topological polar surface area (TPSA) is 88.7 Å². The fourth-order valence-corrected chi connectivity index (χ4v) is 1.95. The molecule has 0 radical (unpaired) electrons. The van der Waals surface area contributed by atoms with Crippen LogP contribution in [0.1, 0.15) is 43.1 Å². The van der Waals surface area contributed by atoms with E-state index < -0.39 is 5.91 Å². The molecule has 0 bridgehead atoms. The third-order valence-corrected chi connectivity index (χ3v) is 3.38. The standard InChI is InChI=1S/C18H30N4O2/c1-4-20-18(21-10-12-24-11-9-14(2)3)22-13-15-5-7-16(8-6-15)17(19)23/h5-8,14H,4,9-13H2,1-3H3,(H2,19,23)(H2,20,21,22). The van der Waals surface area contributed by atoms with Gasteiger partial charge in [0.1, 0.15) is 0 Å². The minimum atomic E-state index is -0.419. The number of amides is 1. The average Bonchev–Trinajstić information content (AvgIpc) is 2.55. The molecule has 0 unspecified atom stereocenters. The van der Waals surface area contributed by atoms with Crippen molar-refractivity contribution in [2.45, 2.75) is 33.7 Å². The Kier molecular flexibility index (Phi) is 9.53. The van der Waals surface area contributed by atoms with Gasteiger partial charge in [0.25, 0.3) is 0 Å². The van der Waals surface area contributed by atoms with Crippen molar-refractivity contribution < 1.29 is 9.53 Å². The normalized spacial score (nSPS) is 11.6. The molecule has 0 aliphatic carbocycles. The van der Waals surface area contributed by atoms with Crippen LogP contribution in [0.25, 0.3) is 0 Å². The van der Waals surface area contributed by atoms with Gasteiger partial charge in [-0.25, -0.2) is 4.99 Å². The van der Waals surface area contributed by atoms with Crippen molar-refractivity contribution in [2.24, 2.45) is 16.6 Å². The fourth-order valence-electron chi connectivity index (χ4n) is 1.95. The number of rotatable bonds is 10. The highest BCUT2D eigenvalue weighted by Gasteiger charge is 2.01. The zero-order valence-corrected chi connectivity index (χ0v) is 15.0. The molecule has 0 saturated heterocycles. The number of nitrogens with two attached hydrogens (primary N) is 1. The summed E-state index contributed by atoms with van der Waals surface area (Å²) in [5.74, 6) is 0.999. The van der Waals surface area contributed by atoms with Gasteiger partial charge in [0, 0.05) is 25.3 Å². The third kappa shape index (κ3) is 8.53. The van der Waals surface area contributed by atoms with Gasteiger partial charge in [-0.3, -0.25) is 4.79 Å². The van der Waals surface area contributed by atoms with E-state index in [1.807, 2.05) is 19.1 Å². The predicted molar refractivity (Wildman–Crippen MR) is 98.1 cm³/mol. The molecule has 0 aromatic heterocycles. The molecule has 1 amide bonds. The summed E-state index contributed by atoms with van der Waals surface area (Å²) >= 11 is 0. The highest BCUT2D eigenvalue weighted by Crippen LogP contribution is 2.05. The number of ether oxygens (including phenoxy) is 1. The number of carbonyl (C=O) groups is 1. The average molecular weight is 334 g/mol. The maximum absolute atomic E-state index is 11.1. The molecule has 1 aromatic carbocycles. The zero-order chi connectivity index (χ0) is 17.8. The summed E-state index contributed by atoms with van der Waals surface area (Å²) in [6, 6.07) is 7.16. The van der Waals surface area contributed by atoms with Gasteiger partial charge < -0.3 is 21.1 Å². The van der Waals surface area contributed by atoms with Crippen LogP contribution >= 0.6 is 0 Å². The summed E-state index contributed by atoms with van der Waals surface area (Å²) in [6.07, 6.45) is 1.08. The molecule has 0 aliphatic rings. The van der Waals surface area contributed by atoms with E-state index in [2.05, 4.69) is 29.5 Å². The summed E-state index contributed by atoms with van der Waals surface area (Å²) < 4.78 is 5.58. The second kappa shape index (κ2) is 11.5. The fraction of sp³-hybridized carbons (Fsp3) is 0.556. The van der Waals surface area contributed by atoms with Crippen LogP contribution in [0.2, 0.25) is 0 Å². The lowest BCUT2D eigenvalue weighted by Crippen LogP contribution is -2.39. The molecule has 24 heavy (non-hydrogen) atoms. The van der Waals surface area contributed by atoms with Crippen LogP contribution in [0.5, 0.6) is 0 Å². The highest BCUT2D eigenvalue weighted by molar-refractivity contribution is 5.92. The quantitative estimate of drug-likeness (QED) is 0.346. The van der Waals surface area contributed by atoms with Crippen LogP contribution < -0.4 is 16.4 Å². The number of nitrogens with one attached hydrogen (secondary N) is 2. The monoisotopic (exact) mass is 334 g/mol. The number of hydrogen-bond acceptors (Lipinski definition) is 3. The Bertz CT molecular complexity index is 512. The molecule has 0 atom stereocenters. The van der Waals surface area contributed by atoms with Gasteiger partial charge in [0.2, 0.25) is 5.91 Å². The van der Waals surface area contributed by atoms with Gasteiger partial charge >= 0.3 is 0 Å².